The number of halogens is 3. The first-order valence-electron chi connectivity index (χ1n) is 6.77. The number of pyridine rings is 1. The van der Waals surface area contributed by atoms with Crippen molar-refractivity contribution in [1.82, 2.24) is 10.3 Å². The number of hydrogen-bond donors (Lipinski definition) is 2. The Morgan fingerprint density at radius 1 is 1.48 bits per heavy atom. The number of anilines is 1. The lowest BCUT2D eigenvalue weighted by molar-refractivity contribution is -0.141. The van der Waals surface area contributed by atoms with Gasteiger partial charge in [0.05, 0.1) is 5.56 Å². The van der Waals surface area contributed by atoms with Crippen LogP contribution in [0.4, 0.5) is 19.0 Å². The molecule has 1 aliphatic heterocycles. The van der Waals surface area contributed by atoms with Crippen LogP contribution in [0.3, 0.4) is 0 Å². The van der Waals surface area contributed by atoms with E-state index in [1.54, 1.807) is 0 Å². The molecule has 2 heterocycles. The van der Waals surface area contributed by atoms with Crippen LogP contribution in [0.25, 0.3) is 0 Å². The first-order chi connectivity index (χ1) is 9.84. The monoisotopic (exact) mass is 298 g/mol. The zero-order valence-electron chi connectivity index (χ0n) is 11.7. The Morgan fingerprint density at radius 3 is 2.81 bits per heavy atom. The maximum atomic E-state index is 12.7. The number of alkyl halides is 3. The van der Waals surface area contributed by atoms with E-state index in [1.807, 2.05) is 6.07 Å². The molecule has 4 nitrogen and oxygen atoms in total. The second kappa shape index (κ2) is 5.90. The molecule has 0 amide bonds. The van der Waals surface area contributed by atoms with Crippen molar-refractivity contribution >= 4 is 5.82 Å². The molecule has 21 heavy (non-hydrogen) atoms. The van der Waals surface area contributed by atoms with E-state index in [-0.39, 0.29) is 16.8 Å². The third kappa shape index (κ3) is 3.85. The van der Waals surface area contributed by atoms with Crippen LogP contribution in [-0.4, -0.2) is 24.6 Å². The summed E-state index contributed by atoms with van der Waals surface area (Å²) in [5.41, 5.74) is -0.924. The van der Waals surface area contributed by atoms with Gasteiger partial charge in [-0.25, -0.2) is 4.98 Å². The zero-order chi connectivity index (χ0) is 15.5. The maximum absolute atomic E-state index is 12.7. The molecule has 0 spiro atoms. The van der Waals surface area contributed by atoms with Crippen molar-refractivity contribution in [2.45, 2.75) is 25.9 Å². The van der Waals surface area contributed by atoms with Crippen LogP contribution in [0.2, 0.25) is 0 Å². The molecule has 2 rings (SSSR count). The Morgan fingerprint density at radius 2 is 2.24 bits per heavy atom. The molecule has 0 bridgehead atoms. The van der Waals surface area contributed by atoms with E-state index in [1.165, 1.54) is 0 Å². The fourth-order valence-electron chi connectivity index (χ4n) is 2.41. The smallest absolute Gasteiger partial charge is 0.368 e. The summed E-state index contributed by atoms with van der Waals surface area (Å²) in [7, 11) is 0. The number of nitriles is 1. The average molecular weight is 298 g/mol. The third-order valence-corrected chi connectivity index (χ3v) is 3.67. The number of nitrogens with one attached hydrogen (secondary N) is 2. The van der Waals surface area contributed by atoms with Gasteiger partial charge in [0.15, 0.2) is 0 Å². The van der Waals surface area contributed by atoms with Crippen LogP contribution in [0.5, 0.6) is 0 Å². The molecular formula is C14H17F3N4. The Hall–Kier alpha value is -1.81. The largest absolute Gasteiger partial charge is 0.433 e. The Kier molecular flexibility index (Phi) is 4.37. The molecule has 1 fully saturated rings. The molecule has 0 radical (unpaired) electrons. The van der Waals surface area contributed by atoms with Crippen molar-refractivity contribution in [2.75, 3.05) is 25.0 Å². The highest BCUT2D eigenvalue weighted by Crippen LogP contribution is 2.30. The summed E-state index contributed by atoms with van der Waals surface area (Å²) in [4.78, 5) is 3.55. The summed E-state index contributed by atoms with van der Waals surface area (Å²) in [5, 5.41) is 15.2. The van der Waals surface area contributed by atoms with E-state index in [9.17, 15) is 13.2 Å². The van der Waals surface area contributed by atoms with Crippen molar-refractivity contribution < 1.29 is 13.2 Å². The molecule has 0 aromatic carbocycles. The lowest BCUT2D eigenvalue weighted by Gasteiger charge is -2.34. The van der Waals surface area contributed by atoms with Crippen LogP contribution in [-0.2, 0) is 6.18 Å². The molecule has 0 saturated carbocycles. The summed E-state index contributed by atoms with van der Waals surface area (Å²) in [6, 6.07) is 3.85. The first kappa shape index (κ1) is 15.6. The molecule has 2 N–H and O–H groups in total. The van der Waals surface area contributed by atoms with Gasteiger partial charge in [0.25, 0.3) is 0 Å². The van der Waals surface area contributed by atoms with Gasteiger partial charge in [-0.3, -0.25) is 0 Å². The predicted octanol–water partition coefficient (Wildman–Crippen LogP) is 2.77. The third-order valence-electron chi connectivity index (χ3n) is 3.67. The summed E-state index contributed by atoms with van der Waals surface area (Å²) in [5.74, 6) is -0.000812. The van der Waals surface area contributed by atoms with Gasteiger partial charge in [0, 0.05) is 13.1 Å². The van der Waals surface area contributed by atoms with Crippen molar-refractivity contribution in [2.24, 2.45) is 5.41 Å². The van der Waals surface area contributed by atoms with Gasteiger partial charge in [0.2, 0.25) is 0 Å². The van der Waals surface area contributed by atoms with Crippen molar-refractivity contribution in [3.8, 4) is 6.07 Å². The van der Waals surface area contributed by atoms with Gasteiger partial charge >= 0.3 is 6.18 Å². The zero-order valence-corrected chi connectivity index (χ0v) is 11.7. The van der Waals surface area contributed by atoms with Gasteiger partial charge in [-0.05, 0) is 36.9 Å². The van der Waals surface area contributed by atoms with Crippen molar-refractivity contribution in [3.05, 3.63) is 23.4 Å². The number of hydrogen-bond acceptors (Lipinski definition) is 4. The summed E-state index contributed by atoms with van der Waals surface area (Å²) < 4.78 is 38.1. The SMILES string of the molecule is CC1(CNc2nc(C(F)(F)F)ccc2C#N)CCCNC1. The summed E-state index contributed by atoms with van der Waals surface area (Å²) >= 11 is 0. The van der Waals surface area contributed by atoms with Gasteiger partial charge in [0.1, 0.15) is 17.6 Å². The minimum absolute atomic E-state index is 0.000812. The molecule has 1 unspecified atom stereocenters. The summed E-state index contributed by atoms with van der Waals surface area (Å²) in [6.07, 6.45) is -2.51. The van der Waals surface area contributed by atoms with Crippen LogP contribution in [0.15, 0.2) is 12.1 Å². The normalized spacial score (nSPS) is 22.6. The summed E-state index contributed by atoms with van der Waals surface area (Å²) in [6.45, 7) is 4.29. The highest BCUT2D eigenvalue weighted by molar-refractivity contribution is 5.52. The highest BCUT2D eigenvalue weighted by Gasteiger charge is 2.33. The van der Waals surface area contributed by atoms with Crippen LogP contribution < -0.4 is 10.6 Å². The Labute approximate surface area is 121 Å². The van der Waals surface area contributed by atoms with E-state index in [2.05, 4.69) is 22.5 Å². The molecule has 1 atom stereocenters. The fraction of sp³-hybridized carbons (Fsp3) is 0.571. The molecule has 1 aromatic rings. The van der Waals surface area contributed by atoms with Crippen LogP contribution >= 0.6 is 0 Å². The lowest BCUT2D eigenvalue weighted by Crippen LogP contribution is -2.42. The average Bonchev–Trinajstić information content (AvgIpc) is 2.44. The lowest BCUT2D eigenvalue weighted by atomic mass is 9.83. The quantitative estimate of drug-likeness (QED) is 0.901. The molecule has 1 saturated heterocycles. The standard InChI is InChI=1S/C14H17F3N4/c1-13(5-2-6-19-8-13)9-20-12-10(7-18)3-4-11(21-12)14(15,16)17/h3-4,19H,2,5-6,8-9H2,1H3,(H,20,21). The molecule has 7 heteroatoms. The number of nitrogens with zero attached hydrogens (tertiary/aromatic N) is 2. The van der Waals surface area contributed by atoms with Crippen LogP contribution in [0, 0.1) is 16.7 Å². The molecule has 114 valence electrons. The predicted molar refractivity (Wildman–Crippen MR) is 72.7 cm³/mol. The molecule has 1 aliphatic rings. The van der Waals surface area contributed by atoms with Crippen LogP contribution in [0.1, 0.15) is 31.0 Å². The van der Waals surface area contributed by atoms with Gasteiger partial charge in [-0.1, -0.05) is 6.92 Å². The minimum Gasteiger partial charge on any atom is -0.368 e. The van der Waals surface area contributed by atoms with E-state index in [0.717, 1.165) is 38.1 Å². The molecule has 1 aromatic heterocycles. The number of piperidine rings is 1. The first-order valence-corrected chi connectivity index (χ1v) is 6.77. The highest BCUT2D eigenvalue weighted by atomic mass is 19.4. The molecule has 0 aliphatic carbocycles. The van der Waals surface area contributed by atoms with E-state index >= 15 is 0 Å². The number of rotatable bonds is 3. The second-order valence-electron chi connectivity index (χ2n) is 5.65. The second-order valence-corrected chi connectivity index (χ2v) is 5.65. The van der Waals surface area contributed by atoms with E-state index in [0.29, 0.717) is 6.54 Å². The minimum atomic E-state index is -4.51. The van der Waals surface area contributed by atoms with Gasteiger partial charge in [-0.2, -0.15) is 18.4 Å². The topological polar surface area (TPSA) is 60.7 Å². The maximum Gasteiger partial charge on any atom is 0.433 e. The van der Waals surface area contributed by atoms with E-state index in [4.69, 9.17) is 5.26 Å². The fourth-order valence-corrected chi connectivity index (χ4v) is 2.41. The Balaban J connectivity index is 2.16. The van der Waals surface area contributed by atoms with Gasteiger partial charge < -0.3 is 10.6 Å². The molecular weight excluding hydrogens is 281 g/mol. The van der Waals surface area contributed by atoms with Gasteiger partial charge in [-0.15, -0.1) is 0 Å². The Bertz CT molecular complexity index is 542. The van der Waals surface area contributed by atoms with Crippen molar-refractivity contribution in [1.29, 1.82) is 5.26 Å². The number of aromatic nitrogens is 1. The van der Waals surface area contributed by atoms with E-state index < -0.39 is 11.9 Å². The van der Waals surface area contributed by atoms with Crippen molar-refractivity contribution in [3.63, 3.8) is 0 Å².